The third-order valence-electron chi connectivity index (χ3n) is 1.59. The second-order valence-electron chi connectivity index (χ2n) is 2.70. The first kappa shape index (κ1) is 10.7. The number of rotatable bonds is 6. The summed E-state index contributed by atoms with van der Waals surface area (Å²) in [6, 6.07) is 0. The van der Waals surface area contributed by atoms with Crippen molar-refractivity contribution in [2.75, 3.05) is 13.2 Å². The molecule has 0 aliphatic rings. The number of aromatic nitrogens is 1. The Kier molecular flexibility index (Phi) is 4.71. The minimum atomic E-state index is -0.183. The van der Waals surface area contributed by atoms with Gasteiger partial charge in [0.15, 0.2) is 6.39 Å². The highest BCUT2D eigenvalue weighted by atomic mass is 16.5. The largest absolute Gasteiger partial charge is 0.466 e. The molecule has 1 rings (SSSR count). The first-order valence-electron chi connectivity index (χ1n) is 4.56. The summed E-state index contributed by atoms with van der Waals surface area (Å²) in [5.41, 5.74) is 0. The Morgan fingerprint density at radius 1 is 1.71 bits per heavy atom. The van der Waals surface area contributed by atoms with Gasteiger partial charge in [0.1, 0.15) is 5.76 Å². The van der Waals surface area contributed by atoms with Gasteiger partial charge in [0.05, 0.1) is 25.8 Å². The molecule has 0 aliphatic carbocycles. The number of hydrogen-bond donors (Lipinski definition) is 1. The molecule has 0 fully saturated rings. The molecule has 1 heterocycles. The highest BCUT2D eigenvalue weighted by Crippen LogP contribution is 1.94. The highest BCUT2D eigenvalue weighted by Gasteiger charge is 2.01. The van der Waals surface area contributed by atoms with E-state index in [1.807, 2.05) is 0 Å². The van der Waals surface area contributed by atoms with Crippen molar-refractivity contribution in [1.29, 1.82) is 0 Å². The molecule has 0 unspecified atom stereocenters. The standard InChI is InChI=1S/C9H14N2O3/c1-2-13-9(12)3-4-10-5-8-6-11-7-14-8/h6-7,10H,2-5H2,1H3. The normalized spacial score (nSPS) is 10.1. The fourth-order valence-corrected chi connectivity index (χ4v) is 0.965. The third kappa shape index (κ3) is 4.04. The van der Waals surface area contributed by atoms with Gasteiger partial charge in [-0.25, -0.2) is 4.98 Å². The number of nitrogens with one attached hydrogen (secondary N) is 1. The van der Waals surface area contributed by atoms with Crippen molar-refractivity contribution < 1.29 is 13.9 Å². The van der Waals surface area contributed by atoms with E-state index < -0.39 is 0 Å². The smallest absolute Gasteiger partial charge is 0.307 e. The Bertz CT molecular complexity index is 259. The molecule has 1 N–H and O–H groups in total. The molecule has 0 saturated heterocycles. The van der Waals surface area contributed by atoms with Crippen LogP contribution in [0.5, 0.6) is 0 Å². The zero-order valence-electron chi connectivity index (χ0n) is 8.16. The molecular weight excluding hydrogens is 184 g/mol. The van der Waals surface area contributed by atoms with Crippen LogP contribution in [0.25, 0.3) is 0 Å². The number of ether oxygens (including phenoxy) is 1. The number of nitrogens with zero attached hydrogens (tertiary/aromatic N) is 1. The molecule has 0 amide bonds. The topological polar surface area (TPSA) is 64.4 Å². The molecule has 14 heavy (non-hydrogen) atoms. The van der Waals surface area contributed by atoms with Crippen LogP contribution in [-0.2, 0) is 16.1 Å². The molecule has 0 aromatic carbocycles. The van der Waals surface area contributed by atoms with Gasteiger partial charge in [-0.1, -0.05) is 0 Å². The van der Waals surface area contributed by atoms with E-state index in [0.717, 1.165) is 5.76 Å². The average molecular weight is 198 g/mol. The van der Waals surface area contributed by atoms with Crippen LogP contribution in [0.3, 0.4) is 0 Å². The lowest BCUT2D eigenvalue weighted by atomic mass is 10.4. The van der Waals surface area contributed by atoms with Crippen LogP contribution < -0.4 is 5.32 Å². The quantitative estimate of drug-likeness (QED) is 0.539. The predicted octanol–water partition coefficient (Wildman–Crippen LogP) is 0.717. The summed E-state index contributed by atoms with van der Waals surface area (Å²) in [5.74, 6) is 0.575. The Morgan fingerprint density at radius 3 is 3.21 bits per heavy atom. The first-order valence-corrected chi connectivity index (χ1v) is 4.56. The summed E-state index contributed by atoms with van der Waals surface area (Å²) in [5, 5.41) is 3.04. The Hall–Kier alpha value is -1.36. The third-order valence-corrected chi connectivity index (χ3v) is 1.59. The second kappa shape index (κ2) is 6.15. The fraction of sp³-hybridized carbons (Fsp3) is 0.556. The minimum absolute atomic E-state index is 0.183. The maximum absolute atomic E-state index is 10.9. The molecule has 0 aliphatic heterocycles. The molecule has 5 heteroatoms. The van der Waals surface area contributed by atoms with Gasteiger partial charge in [0.2, 0.25) is 0 Å². The molecule has 0 atom stereocenters. The van der Waals surface area contributed by atoms with E-state index in [1.165, 1.54) is 6.39 Å². The average Bonchev–Trinajstić information content (AvgIpc) is 2.65. The van der Waals surface area contributed by atoms with Crippen LogP contribution in [0, 0.1) is 0 Å². The summed E-state index contributed by atoms with van der Waals surface area (Å²) in [6.07, 6.45) is 3.39. The van der Waals surface area contributed by atoms with E-state index in [9.17, 15) is 4.79 Å². The van der Waals surface area contributed by atoms with Crippen LogP contribution in [0.4, 0.5) is 0 Å². The SMILES string of the molecule is CCOC(=O)CCNCc1cnco1. The van der Waals surface area contributed by atoms with Gasteiger partial charge in [-0.05, 0) is 6.92 Å². The van der Waals surface area contributed by atoms with Crippen molar-refractivity contribution in [3.05, 3.63) is 18.4 Å². The first-order chi connectivity index (χ1) is 6.83. The van der Waals surface area contributed by atoms with Crippen LogP contribution in [-0.4, -0.2) is 24.1 Å². The van der Waals surface area contributed by atoms with Gasteiger partial charge in [-0.2, -0.15) is 0 Å². The monoisotopic (exact) mass is 198 g/mol. The number of esters is 1. The van der Waals surface area contributed by atoms with E-state index >= 15 is 0 Å². The lowest BCUT2D eigenvalue weighted by molar-refractivity contribution is -0.142. The second-order valence-corrected chi connectivity index (χ2v) is 2.70. The number of carbonyl (C=O) groups excluding carboxylic acids is 1. The Labute approximate surface area is 82.5 Å². The maximum atomic E-state index is 10.9. The van der Waals surface area contributed by atoms with Crippen LogP contribution in [0.1, 0.15) is 19.1 Å². The van der Waals surface area contributed by atoms with Crippen molar-refractivity contribution in [3.8, 4) is 0 Å². The van der Waals surface area contributed by atoms with Gasteiger partial charge in [0, 0.05) is 6.54 Å². The Morgan fingerprint density at radius 2 is 2.57 bits per heavy atom. The molecule has 0 radical (unpaired) electrons. The number of hydrogen-bond acceptors (Lipinski definition) is 5. The van der Waals surface area contributed by atoms with Crippen LogP contribution in [0.15, 0.2) is 17.0 Å². The van der Waals surface area contributed by atoms with Crippen LogP contribution >= 0.6 is 0 Å². The summed E-state index contributed by atoms with van der Waals surface area (Å²) >= 11 is 0. The van der Waals surface area contributed by atoms with Gasteiger partial charge in [0.25, 0.3) is 0 Å². The van der Waals surface area contributed by atoms with Gasteiger partial charge in [-0.15, -0.1) is 0 Å². The van der Waals surface area contributed by atoms with Gasteiger partial charge in [-0.3, -0.25) is 4.79 Å². The van der Waals surface area contributed by atoms with Crippen molar-refractivity contribution in [2.24, 2.45) is 0 Å². The molecule has 1 aromatic rings. The fourth-order valence-electron chi connectivity index (χ4n) is 0.965. The van der Waals surface area contributed by atoms with Gasteiger partial charge < -0.3 is 14.5 Å². The van der Waals surface area contributed by atoms with Crippen molar-refractivity contribution in [1.82, 2.24) is 10.3 Å². The van der Waals surface area contributed by atoms with E-state index in [-0.39, 0.29) is 5.97 Å². The number of carbonyl (C=O) groups is 1. The molecule has 5 nitrogen and oxygen atoms in total. The van der Waals surface area contributed by atoms with Gasteiger partial charge >= 0.3 is 5.97 Å². The maximum Gasteiger partial charge on any atom is 0.307 e. The zero-order valence-corrected chi connectivity index (χ0v) is 8.16. The molecule has 1 aromatic heterocycles. The molecule has 0 bridgehead atoms. The molecule has 0 spiro atoms. The molecule has 0 saturated carbocycles. The summed E-state index contributed by atoms with van der Waals surface area (Å²) < 4.78 is 9.76. The molecular formula is C9H14N2O3. The Balaban J connectivity index is 2.02. The molecule has 78 valence electrons. The zero-order chi connectivity index (χ0) is 10.2. The van der Waals surface area contributed by atoms with Crippen molar-refractivity contribution in [2.45, 2.75) is 19.9 Å². The summed E-state index contributed by atoms with van der Waals surface area (Å²) in [6.45, 7) is 3.39. The minimum Gasteiger partial charge on any atom is -0.466 e. The van der Waals surface area contributed by atoms with E-state index in [2.05, 4.69) is 10.3 Å². The number of oxazole rings is 1. The summed E-state index contributed by atoms with van der Waals surface area (Å²) in [7, 11) is 0. The van der Waals surface area contributed by atoms with Crippen LogP contribution in [0.2, 0.25) is 0 Å². The lowest BCUT2D eigenvalue weighted by Gasteiger charge is -2.02. The van der Waals surface area contributed by atoms with Crippen molar-refractivity contribution >= 4 is 5.97 Å². The van der Waals surface area contributed by atoms with E-state index in [0.29, 0.717) is 26.1 Å². The van der Waals surface area contributed by atoms with E-state index in [4.69, 9.17) is 9.15 Å². The summed E-state index contributed by atoms with van der Waals surface area (Å²) in [4.78, 5) is 14.7. The predicted molar refractivity (Wildman–Crippen MR) is 49.5 cm³/mol. The highest BCUT2D eigenvalue weighted by molar-refractivity contribution is 5.69. The van der Waals surface area contributed by atoms with Crippen molar-refractivity contribution in [3.63, 3.8) is 0 Å². The lowest BCUT2D eigenvalue weighted by Crippen LogP contribution is -2.18. The van der Waals surface area contributed by atoms with E-state index in [1.54, 1.807) is 13.1 Å².